The maximum absolute atomic E-state index is 13.1. The molecule has 1 aromatic heterocycles. The average Bonchev–Trinajstić information content (AvgIpc) is 2.74. The van der Waals surface area contributed by atoms with E-state index in [1.807, 2.05) is 66.7 Å². The van der Waals surface area contributed by atoms with Crippen molar-refractivity contribution in [2.75, 3.05) is 5.32 Å². The van der Waals surface area contributed by atoms with Gasteiger partial charge in [0.15, 0.2) is 0 Å². The predicted molar refractivity (Wildman–Crippen MR) is 119 cm³/mol. The first-order valence-corrected chi connectivity index (χ1v) is 9.99. The minimum Gasteiger partial charge on any atom is -0.322 e. The molecule has 28 heavy (non-hydrogen) atoms. The lowest BCUT2D eigenvalue weighted by Crippen LogP contribution is -2.13. The number of fused-ring (bicyclic) bond motifs is 1. The largest absolute Gasteiger partial charge is 0.322 e. The standard InChI is InChI=1S/C24H19BrN2O/c1-2-16-8-13-22-20(14-16)21(15-23(27-22)17-6-4-3-5-7-17)24(28)26-19-11-9-18(25)10-12-19/h3-15H,2H2,1H3,(H,26,28). The lowest BCUT2D eigenvalue weighted by molar-refractivity contribution is 0.102. The van der Waals surface area contributed by atoms with Crippen LogP contribution in [0.2, 0.25) is 0 Å². The second kappa shape index (κ2) is 7.95. The number of nitrogens with one attached hydrogen (secondary N) is 1. The number of amides is 1. The summed E-state index contributed by atoms with van der Waals surface area (Å²) in [5.74, 6) is -0.139. The number of halogens is 1. The third-order valence-electron chi connectivity index (χ3n) is 4.70. The highest BCUT2D eigenvalue weighted by molar-refractivity contribution is 9.10. The summed E-state index contributed by atoms with van der Waals surface area (Å²) in [5.41, 5.74) is 5.16. The van der Waals surface area contributed by atoms with E-state index in [1.165, 1.54) is 5.56 Å². The van der Waals surface area contributed by atoms with Crippen molar-refractivity contribution >= 4 is 38.4 Å². The molecule has 0 saturated carbocycles. The first kappa shape index (κ1) is 18.4. The van der Waals surface area contributed by atoms with Gasteiger partial charge >= 0.3 is 0 Å². The predicted octanol–water partition coefficient (Wildman–Crippen LogP) is 6.48. The normalized spacial score (nSPS) is 10.8. The molecule has 0 aliphatic heterocycles. The number of anilines is 1. The van der Waals surface area contributed by atoms with Crippen LogP contribution in [0.1, 0.15) is 22.8 Å². The first-order chi connectivity index (χ1) is 13.6. The molecule has 0 saturated heterocycles. The number of carbonyl (C=O) groups excluding carboxylic acids is 1. The van der Waals surface area contributed by atoms with E-state index in [0.717, 1.165) is 38.7 Å². The number of carbonyl (C=O) groups is 1. The first-order valence-electron chi connectivity index (χ1n) is 9.20. The van der Waals surface area contributed by atoms with Crippen molar-refractivity contribution in [2.45, 2.75) is 13.3 Å². The molecule has 1 amide bonds. The zero-order chi connectivity index (χ0) is 19.5. The molecule has 3 aromatic carbocycles. The van der Waals surface area contributed by atoms with Crippen molar-refractivity contribution in [1.82, 2.24) is 4.98 Å². The minimum absolute atomic E-state index is 0.139. The van der Waals surface area contributed by atoms with Gasteiger partial charge in [0, 0.05) is 21.1 Å². The molecule has 0 aliphatic carbocycles. The molecule has 0 atom stereocenters. The molecule has 0 aliphatic rings. The van der Waals surface area contributed by atoms with Gasteiger partial charge in [-0.15, -0.1) is 0 Å². The van der Waals surface area contributed by atoms with Crippen molar-refractivity contribution in [1.29, 1.82) is 0 Å². The zero-order valence-corrected chi connectivity index (χ0v) is 17.0. The van der Waals surface area contributed by atoms with Crippen LogP contribution in [0.15, 0.2) is 83.3 Å². The maximum Gasteiger partial charge on any atom is 0.256 e. The summed E-state index contributed by atoms with van der Waals surface area (Å²) in [4.78, 5) is 17.9. The molecule has 1 N–H and O–H groups in total. The summed E-state index contributed by atoms with van der Waals surface area (Å²) in [6.45, 7) is 2.11. The number of hydrogen-bond acceptors (Lipinski definition) is 2. The molecule has 0 spiro atoms. The fourth-order valence-electron chi connectivity index (χ4n) is 3.17. The van der Waals surface area contributed by atoms with E-state index >= 15 is 0 Å². The van der Waals surface area contributed by atoms with Gasteiger partial charge in [0.2, 0.25) is 0 Å². The lowest BCUT2D eigenvalue weighted by Gasteiger charge is -2.12. The van der Waals surface area contributed by atoms with E-state index in [1.54, 1.807) is 0 Å². The minimum atomic E-state index is -0.139. The van der Waals surface area contributed by atoms with Crippen LogP contribution in [-0.2, 0) is 6.42 Å². The highest BCUT2D eigenvalue weighted by atomic mass is 79.9. The van der Waals surface area contributed by atoms with E-state index in [9.17, 15) is 4.79 Å². The van der Waals surface area contributed by atoms with E-state index < -0.39 is 0 Å². The van der Waals surface area contributed by atoms with Crippen LogP contribution in [0.4, 0.5) is 5.69 Å². The van der Waals surface area contributed by atoms with Gasteiger partial charge in [0.25, 0.3) is 5.91 Å². The highest BCUT2D eigenvalue weighted by Crippen LogP contribution is 2.27. The van der Waals surface area contributed by atoms with Crippen LogP contribution in [0, 0.1) is 0 Å². The Hall–Kier alpha value is -2.98. The Morgan fingerprint density at radius 3 is 2.43 bits per heavy atom. The van der Waals surface area contributed by atoms with Gasteiger partial charge in [-0.05, 0) is 54.4 Å². The molecule has 4 aromatic rings. The van der Waals surface area contributed by atoms with Gasteiger partial charge in [0.05, 0.1) is 16.8 Å². The van der Waals surface area contributed by atoms with Gasteiger partial charge in [-0.25, -0.2) is 4.98 Å². The van der Waals surface area contributed by atoms with Crippen LogP contribution >= 0.6 is 15.9 Å². The number of benzene rings is 3. The number of hydrogen-bond donors (Lipinski definition) is 1. The third kappa shape index (κ3) is 3.82. The zero-order valence-electron chi connectivity index (χ0n) is 15.4. The fraction of sp³-hybridized carbons (Fsp3) is 0.0833. The van der Waals surface area contributed by atoms with Gasteiger partial charge < -0.3 is 5.32 Å². The van der Waals surface area contributed by atoms with Crippen LogP contribution in [-0.4, -0.2) is 10.9 Å². The Morgan fingerprint density at radius 2 is 1.71 bits per heavy atom. The fourth-order valence-corrected chi connectivity index (χ4v) is 3.43. The van der Waals surface area contributed by atoms with Crippen LogP contribution < -0.4 is 5.32 Å². The van der Waals surface area contributed by atoms with E-state index in [4.69, 9.17) is 4.98 Å². The summed E-state index contributed by atoms with van der Waals surface area (Å²) in [5, 5.41) is 3.88. The van der Waals surface area contributed by atoms with Crippen molar-refractivity contribution in [3.05, 3.63) is 94.5 Å². The van der Waals surface area contributed by atoms with Crippen LogP contribution in [0.25, 0.3) is 22.2 Å². The highest BCUT2D eigenvalue weighted by Gasteiger charge is 2.15. The van der Waals surface area contributed by atoms with E-state index in [-0.39, 0.29) is 5.91 Å². The number of rotatable bonds is 4. The quantitative estimate of drug-likeness (QED) is 0.402. The van der Waals surface area contributed by atoms with Crippen molar-refractivity contribution < 1.29 is 4.79 Å². The molecular formula is C24H19BrN2O. The van der Waals surface area contributed by atoms with Crippen LogP contribution in [0.3, 0.4) is 0 Å². The molecule has 138 valence electrons. The second-order valence-corrected chi connectivity index (χ2v) is 7.50. The Balaban J connectivity index is 1.83. The van der Waals surface area contributed by atoms with Crippen molar-refractivity contribution in [2.24, 2.45) is 0 Å². The van der Waals surface area contributed by atoms with Crippen LogP contribution in [0.5, 0.6) is 0 Å². The molecule has 0 radical (unpaired) electrons. The summed E-state index contributed by atoms with van der Waals surface area (Å²) in [7, 11) is 0. The molecular weight excluding hydrogens is 412 g/mol. The summed E-state index contributed by atoms with van der Waals surface area (Å²) >= 11 is 3.42. The SMILES string of the molecule is CCc1ccc2nc(-c3ccccc3)cc(C(=O)Nc3ccc(Br)cc3)c2c1. The second-order valence-electron chi connectivity index (χ2n) is 6.59. The van der Waals surface area contributed by atoms with E-state index in [0.29, 0.717) is 5.56 Å². The number of nitrogens with zero attached hydrogens (tertiary/aromatic N) is 1. The molecule has 4 rings (SSSR count). The molecule has 1 heterocycles. The average molecular weight is 431 g/mol. The van der Waals surface area contributed by atoms with Gasteiger partial charge in [-0.2, -0.15) is 0 Å². The summed E-state index contributed by atoms with van der Waals surface area (Å²) in [6.07, 6.45) is 0.907. The number of pyridine rings is 1. The Bertz CT molecular complexity index is 1140. The van der Waals surface area contributed by atoms with Gasteiger partial charge in [-0.3, -0.25) is 4.79 Å². The molecule has 0 unspecified atom stereocenters. The van der Waals surface area contributed by atoms with E-state index in [2.05, 4.69) is 40.3 Å². The smallest absolute Gasteiger partial charge is 0.256 e. The summed E-state index contributed by atoms with van der Waals surface area (Å²) < 4.78 is 0.971. The third-order valence-corrected chi connectivity index (χ3v) is 5.23. The molecule has 0 bridgehead atoms. The monoisotopic (exact) mass is 430 g/mol. The Kier molecular flexibility index (Phi) is 5.22. The maximum atomic E-state index is 13.1. The van der Waals surface area contributed by atoms with Gasteiger partial charge in [0.1, 0.15) is 0 Å². The number of aromatic nitrogens is 1. The van der Waals surface area contributed by atoms with Gasteiger partial charge in [-0.1, -0.05) is 59.3 Å². The Morgan fingerprint density at radius 1 is 0.964 bits per heavy atom. The molecule has 0 fully saturated rings. The topological polar surface area (TPSA) is 42.0 Å². The van der Waals surface area contributed by atoms with Crippen molar-refractivity contribution in [3.63, 3.8) is 0 Å². The lowest BCUT2D eigenvalue weighted by atomic mass is 10.0. The summed E-state index contributed by atoms with van der Waals surface area (Å²) in [6, 6.07) is 25.5. The molecule has 3 nitrogen and oxygen atoms in total. The molecule has 4 heteroatoms. The van der Waals surface area contributed by atoms with Crippen molar-refractivity contribution in [3.8, 4) is 11.3 Å². The number of aryl methyl sites for hydroxylation is 1. The Labute approximate surface area is 172 Å².